The molecule has 0 bridgehead atoms. The second-order valence-corrected chi connectivity index (χ2v) is 12.1. The number of carbonyl (C=O) groups is 2. The fourth-order valence-electron chi connectivity index (χ4n) is 3.48. The van der Waals surface area contributed by atoms with Crippen LogP contribution in [0.25, 0.3) is 0 Å². The minimum atomic E-state index is -3.80. The number of halogens is 2. The van der Waals surface area contributed by atoms with Gasteiger partial charge in [-0.1, -0.05) is 62.2 Å². The second kappa shape index (κ2) is 11.6. The molecular weight excluding hydrogens is 509 g/mol. The molecular formula is C25H33Cl2N3O4S. The maximum Gasteiger partial charge on any atom is 0.244 e. The summed E-state index contributed by atoms with van der Waals surface area (Å²) < 4.78 is 26.4. The Hall–Kier alpha value is -2.29. The zero-order chi connectivity index (χ0) is 26.6. The van der Waals surface area contributed by atoms with Crippen molar-refractivity contribution in [2.45, 2.75) is 52.6 Å². The van der Waals surface area contributed by atoms with Crippen LogP contribution in [0.15, 0.2) is 42.5 Å². The summed E-state index contributed by atoms with van der Waals surface area (Å²) >= 11 is 12.3. The molecule has 0 fully saturated rings. The number of nitrogens with zero attached hydrogens (tertiary/aromatic N) is 2. The van der Waals surface area contributed by atoms with Crippen molar-refractivity contribution in [2.75, 3.05) is 23.7 Å². The van der Waals surface area contributed by atoms with Gasteiger partial charge in [0.15, 0.2) is 0 Å². The van der Waals surface area contributed by atoms with E-state index in [9.17, 15) is 18.0 Å². The van der Waals surface area contributed by atoms with E-state index in [-0.39, 0.29) is 17.9 Å². The first-order valence-corrected chi connectivity index (χ1v) is 13.8. The molecule has 0 heterocycles. The van der Waals surface area contributed by atoms with Gasteiger partial charge in [-0.3, -0.25) is 13.9 Å². The van der Waals surface area contributed by atoms with E-state index in [2.05, 4.69) is 26.1 Å². The number of likely N-dealkylation sites (N-methyl/N-ethyl adjacent to an activating group) is 1. The van der Waals surface area contributed by atoms with E-state index in [0.29, 0.717) is 27.8 Å². The molecule has 0 aromatic heterocycles. The predicted octanol–water partition coefficient (Wildman–Crippen LogP) is 4.61. The summed E-state index contributed by atoms with van der Waals surface area (Å²) in [5.74, 6) is -0.897. The van der Waals surface area contributed by atoms with Crippen molar-refractivity contribution in [3.8, 4) is 0 Å². The number of anilines is 1. The Bertz CT molecular complexity index is 1160. The Balaban J connectivity index is 2.42. The smallest absolute Gasteiger partial charge is 0.244 e. The van der Waals surface area contributed by atoms with Gasteiger partial charge in [0.05, 0.1) is 11.9 Å². The summed E-state index contributed by atoms with van der Waals surface area (Å²) in [6.45, 7) is 9.47. The monoisotopic (exact) mass is 541 g/mol. The zero-order valence-electron chi connectivity index (χ0n) is 20.9. The van der Waals surface area contributed by atoms with Crippen LogP contribution in [0.5, 0.6) is 0 Å². The molecule has 0 spiro atoms. The van der Waals surface area contributed by atoms with E-state index in [0.717, 1.165) is 16.1 Å². The fraction of sp³-hybridized carbons (Fsp3) is 0.440. The first kappa shape index (κ1) is 28.9. The van der Waals surface area contributed by atoms with Crippen molar-refractivity contribution < 1.29 is 18.0 Å². The van der Waals surface area contributed by atoms with Gasteiger partial charge >= 0.3 is 0 Å². The molecule has 192 valence electrons. The van der Waals surface area contributed by atoms with Gasteiger partial charge < -0.3 is 10.2 Å². The molecule has 0 saturated carbocycles. The molecule has 2 amide bonds. The SMILES string of the molecule is CCNC(=O)[C@@H](C)N(Cc1ccc(Cl)cc1Cl)C(=O)CN(c1ccc(C(C)(C)C)cc1)S(C)(=O)=O. The first-order valence-electron chi connectivity index (χ1n) is 11.2. The van der Waals surface area contributed by atoms with Gasteiger partial charge in [0.2, 0.25) is 21.8 Å². The van der Waals surface area contributed by atoms with Crippen molar-refractivity contribution in [2.24, 2.45) is 0 Å². The van der Waals surface area contributed by atoms with E-state index in [4.69, 9.17) is 23.2 Å². The van der Waals surface area contributed by atoms with Crippen LogP contribution in [0.4, 0.5) is 5.69 Å². The van der Waals surface area contributed by atoms with Crippen molar-refractivity contribution in [1.29, 1.82) is 0 Å². The fourth-order valence-corrected chi connectivity index (χ4v) is 4.80. The van der Waals surface area contributed by atoms with Gasteiger partial charge in [-0.2, -0.15) is 0 Å². The molecule has 0 aliphatic carbocycles. The summed E-state index contributed by atoms with van der Waals surface area (Å²) in [7, 11) is -3.80. The van der Waals surface area contributed by atoms with Crippen molar-refractivity contribution in [1.82, 2.24) is 10.2 Å². The van der Waals surface area contributed by atoms with Crippen LogP contribution >= 0.6 is 23.2 Å². The van der Waals surface area contributed by atoms with E-state index in [1.807, 2.05) is 12.1 Å². The van der Waals surface area contributed by atoms with E-state index in [1.54, 1.807) is 44.2 Å². The highest BCUT2D eigenvalue weighted by Crippen LogP contribution is 2.27. The van der Waals surface area contributed by atoms with E-state index < -0.39 is 28.5 Å². The first-order chi connectivity index (χ1) is 16.1. The molecule has 0 aliphatic rings. The Morgan fingerprint density at radius 2 is 1.66 bits per heavy atom. The Kier molecular flexibility index (Phi) is 9.62. The molecule has 0 radical (unpaired) electrons. The third-order valence-corrected chi connectivity index (χ3v) is 7.30. The van der Waals surface area contributed by atoms with Crippen LogP contribution in [-0.4, -0.2) is 50.5 Å². The average molecular weight is 543 g/mol. The van der Waals surface area contributed by atoms with Gasteiger partial charge in [0, 0.05) is 23.1 Å². The number of carbonyl (C=O) groups excluding carboxylic acids is 2. The molecule has 0 unspecified atom stereocenters. The highest BCUT2D eigenvalue weighted by atomic mass is 35.5. The highest BCUT2D eigenvalue weighted by molar-refractivity contribution is 7.92. The van der Waals surface area contributed by atoms with Crippen molar-refractivity contribution >= 4 is 50.7 Å². The molecule has 10 heteroatoms. The lowest BCUT2D eigenvalue weighted by atomic mass is 9.87. The van der Waals surface area contributed by atoms with Crippen molar-refractivity contribution in [3.63, 3.8) is 0 Å². The Morgan fingerprint density at radius 1 is 1.06 bits per heavy atom. The van der Waals surface area contributed by atoms with Crippen LogP contribution < -0.4 is 9.62 Å². The van der Waals surface area contributed by atoms with Crippen LogP contribution in [0, 0.1) is 0 Å². The summed E-state index contributed by atoms with van der Waals surface area (Å²) in [5, 5.41) is 3.49. The topological polar surface area (TPSA) is 86.8 Å². The largest absolute Gasteiger partial charge is 0.355 e. The van der Waals surface area contributed by atoms with Crippen LogP contribution in [-0.2, 0) is 31.6 Å². The van der Waals surface area contributed by atoms with Gasteiger partial charge in [-0.15, -0.1) is 0 Å². The standard InChI is InChI=1S/C25H33Cl2N3O4S/c1-7-28-24(32)17(2)29(15-18-8-11-20(26)14-22(18)27)23(31)16-30(35(6,33)34)21-12-9-19(10-13-21)25(3,4)5/h8-14,17H,7,15-16H2,1-6H3,(H,28,32)/t17-/m1/s1. The normalized spacial score (nSPS) is 12.7. The number of hydrogen-bond acceptors (Lipinski definition) is 4. The summed E-state index contributed by atoms with van der Waals surface area (Å²) in [5.41, 5.74) is 1.87. The number of nitrogens with one attached hydrogen (secondary N) is 1. The maximum atomic E-state index is 13.5. The van der Waals surface area contributed by atoms with Crippen LogP contribution in [0.3, 0.4) is 0 Å². The molecule has 7 nitrogen and oxygen atoms in total. The molecule has 2 rings (SSSR count). The third-order valence-electron chi connectivity index (χ3n) is 5.57. The minimum absolute atomic E-state index is 0.00764. The molecule has 2 aromatic carbocycles. The van der Waals surface area contributed by atoms with Crippen LogP contribution in [0.1, 0.15) is 45.7 Å². The lowest BCUT2D eigenvalue weighted by Crippen LogP contribution is -2.51. The zero-order valence-corrected chi connectivity index (χ0v) is 23.3. The lowest BCUT2D eigenvalue weighted by molar-refractivity contribution is -0.139. The number of sulfonamides is 1. The quantitative estimate of drug-likeness (QED) is 0.502. The molecule has 35 heavy (non-hydrogen) atoms. The Morgan fingerprint density at radius 3 is 2.14 bits per heavy atom. The molecule has 0 saturated heterocycles. The van der Waals surface area contributed by atoms with Gasteiger partial charge in [0.1, 0.15) is 12.6 Å². The van der Waals surface area contributed by atoms with Gasteiger partial charge in [0.25, 0.3) is 0 Å². The van der Waals surface area contributed by atoms with Crippen molar-refractivity contribution in [3.05, 3.63) is 63.6 Å². The number of benzene rings is 2. The highest BCUT2D eigenvalue weighted by Gasteiger charge is 2.30. The number of rotatable bonds is 9. The van der Waals surface area contributed by atoms with E-state index >= 15 is 0 Å². The second-order valence-electron chi connectivity index (χ2n) is 9.39. The number of hydrogen-bond donors (Lipinski definition) is 1. The molecule has 0 aliphatic heterocycles. The lowest BCUT2D eigenvalue weighted by Gasteiger charge is -2.31. The maximum absolute atomic E-state index is 13.5. The Labute approximate surface area is 218 Å². The predicted molar refractivity (Wildman–Crippen MR) is 142 cm³/mol. The third kappa shape index (κ3) is 7.85. The van der Waals surface area contributed by atoms with Crippen LogP contribution in [0.2, 0.25) is 10.0 Å². The summed E-state index contributed by atoms with van der Waals surface area (Å²) in [6.07, 6.45) is 1.05. The summed E-state index contributed by atoms with van der Waals surface area (Å²) in [6, 6.07) is 11.1. The van der Waals surface area contributed by atoms with Gasteiger partial charge in [-0.05, 0) is 54.7 Å². The number of amides is 2. The van der Waals surface area contributed by atoms with Gasteiger partial charge in [-0.25, -0.2) is 8.42 Å². The minimum Gasteiger partial charge on any atom is -0.355 e. The summed E-state index contributed by atoms with van der Waals surface area (Å²) in [4.78, 5) is 27.4. The van der Waals surface area contributed by atoms with E-state index in [1.165, 1.54) is 4.90 Å². The molecule has 1 atom stereocenters. The average Bonchev–Trinajstić information content (AvgIpc) is 2.75. The molecule has 2 aromatic rings. The molecule has 1 N–H and O–H groups in total.